The first-order valence-electron chi connectivity index (χ1n) is 9.65. The molecule has 0 aromatic rings. The van der Waals surface area contributed by atoms with Crippen LogP contribution >= 0.6 is 0 Å². The number of Topliss-reactive ketones (excluding diaryl/α,β-unsaturated/α-hetero) is 1. The normalized spacial score (nSPS) is 10.9. The van der Waals surface area contributed by atoms with Crippen molar-refractivity contribution in [3.63, 3.8) is 0 Å². The van der Waals surface area contributed by atoms with E-state index in [9.17, 15) is 37.5 Å². The maximum atomic E-state index is 11.7. The summed E-state index contributed by atoms with van der Waals surface area (Å²) in [4.78, 5) is 54.4. The molecular formula is C21H30NNaO11S. The van der Waals surface area contributed by atoms with Gasteiger partial charge in [0.1, 0.15) is 25.4 Å². The number of hydrogen-bond acceptors (Lipinski definition) is 11. The summed E-state index contributed by atoms with van der Waals surface area (Å²) in [5.74, 6) is -4.52. The van der Waals surface area contributed by atoms with Gasteiger partial charge >= 0.3 is 41.5 Å². The molecule has 0 aromatic carbocycles. The van der Waals surface area contributed by atoms with Gasteiger partial charge in [-0.05, 0) is 19.8 Å². The van der Waals surface area contributed by atoms with Gasteiger partial charge in [-0.1, -0.05) is 33.6 Å². The van der Waals surface area contributed by atoms with Gasteiger partial charge in [-0.2, -0.15) is 8.42 Å². The number of hydrogen-bond donors (Lipinski definition) is 1. The largest absolute Gasteiger partial charge is 1.00 e. The molecular weight excluding hydrogens is 497 g/mol. The number of carbonyl (C=O) groups is 5. The van der Waals surface area contributed by atoms with E-state index in [0.717, 1.165) is 7.11 Å². The molecule has 1 unspecified atom stereocenters. The molecule has 0 aliphatic heterocycles. The van der Waals surface area contributed by atoms with Gasteiger partial charge in [0.15, 0.2) is 5.37 Å². The number of esters is 2. The van der Waals surface area contributed by atoms with Crippen LogP contribution in [0.1, 0.15) is 34.1 Å². The summed E-state index contributed by atoms with van der Waals surface area (Å²) in [5.41, 5.74) is -0.808. The summed E-state index contributed by atoms with van der Waals surface area (Å²) in [7, 11) is -3.04. The molecule has 1 N–H and O–H groups in total. The van der Waals surface area contributed by atoms with Crippen molar-refractivity contribution in [2.75, 3.05) is 20.3 Å². The first-order valence-corrected chi connectivity index (χ1v) is 11.1. The van der Waals surface area contributed by atoms with Gasteiger partial charge in [-0.15, -0.1) is 0 Å². The molecule has 0 aromatic heterocycles. The Morgan fingerprint density at radius 2 is 1.43 bits per heavy atom. The van der Waals surface area contributed by atoms with Crippen LogP contribution < -0.4 is 40.0 Å². The molecule has 0 saturated carbocycles. The number of carbonyl (C=O) groups excluding carboxylic acids is 5. The second-order valence-corrected chi connectivity index (χ2v) is 8.88. The molecule has 35 heavy (non-hydrogen) atoms. The van der Waals surface area contributed by atoms with Crippen molar-refractivity contribution in [1.29, 1.82) is 0 Å². The van der Waals surface area contributed by atoms with Crippen molar-refractivity contribution in [3.05, 3.63) is 36.5 Å². The van der Waals surface area contributed by atoms with Gasteiger partial charge in [0, 0.05) is 16.7 Å². The van der Waals surface area contributed by atoms with E-state index in [0.29, 0.717) is 0 Å². The van der Waals surface area contributed by atoms with E-state index in [-0.39, 0.29) is 60.5 Å². The number of aliphatic carboxylic acids is 1. The van der Waals surface area contributed by atoms with Crippen molar-refractivity contribution < 1.29 is 80.7 Å². The summed E-state index contributed by atoms with van der Waals surface area (Å²) in [6, 6.07) is 0. The van der Waals surface area contributed by atoms with Gasteiger partial charge in [0.05, 0.1) is 13.1 Å². The minimum Gasteiger partial charge on any atom is -0.545 e. The van der Waals surface area contributed by atoms with Crippen molar-refractivity contribution in [2.24, 2.45) is 5.92 Å². The number of carboxylic acid groups (broad SMARTS) is 1. The van der Waals surface area contributed by atoms with Gasteiger partial charge in [0.25, 0.3) is 16.0 Å². The molecule has 0 saturated heterocycles. The number of ketones is 1. The van der Waals surface area contributed by atoms with Crippen LogP contribution in [0.4, 0.5) is 0 Å². The molecule has 12 nitrogen and oxygen atoms in total. The van der Waals surface area contributed by atoms with Gasteiger partial charge in [-0.3, -0.25) is 18.6 Å². The smallest absolute Gasteiger partial charge is 0.545 e. The Balaban J connectivity index is -0.000000584. The number of amides is 1. The molecule has 0 radical (unpaired) electrons. The van der Waals surface area contributed by atoms with E-state index in [1.165, 1.54) is 13.8 Å². The number of carboxylic acids is 1. The van der Waals surface area contributed by atoms with Crippen LogP contribution in [0.3, 0.4) is 0 Å². The van der Waals surface area contributed by atoms with E-state index in [1.807, 2.05) is 0 Å². The second kappa shape index (κ2) is 18.0. The zero-order valence-corrected chi connectivity index (χ0v) is 23.6. The second-order valence-electron chi connectivity index (χ2n) is 7.06. The fourth-order valence-electron chi connectivity index (χ4n) is 1.82. The minimum atomic E-state index is -4.00. The summed E-state index contributed by atoms with van der Waals surface area (Å²) < 4.78 is 36.8. The molecule has 0 fully saturated rings. The van der Waals surface area contributed by atoms with E-state index in [1.54, 1.807) is 13.8 Å². The van der Waals surface area contributed by atoms with Crippen LogP contribution in [0.5, 0.6) is 0 Å². The summed E-state index contributed by atoms with van der Waals surface area (Å²) >= 11 is 0. The molecule has 14 heteroatoms. The van der Waals surface area contributed by atoms with Gasteiger partial charge in [0.2, 0.25) is 0 Å². The molecule has 0 aliphatic rings. The van der Waals surface area contributed by atoms with Crippen LogP contribution in [0.2, 0.25) is 0 Å². The fraction of sp³-hybridized carbons (Fsp3) is 0.476. The Hall–Kier alpha value is -2.32. The van der Waals surface area contributed by atoms with E-state index in [2.05, 4.69) is 38.7 Å². The van der Waals surface area contributed by atoms with Crippen molar-refractivity contribution in [2.45, 2.75) is 39.5 Å². The van der Waals surface area contributed by atoms with Crippen molar-refractivity contribution >= 4 is 39.7 Å². The topological polar surface area (TPSA) is 182 Å². The van der Waals surface area contributed by atoms with Crippen molar-refractivity contribution in [1.82, 2.24) is 5.32 Å². The molecule has 0 rings (SSSR count). The molecule has 1 amide bonds. The summed E-state index contributed by atoms with van der Waals surface area (Å²) in [6.07, 6.45) is -0.256. The Bertz CT molecular complexity index is 939. The minimum absolute atomic E-state index is 0. The van der Waals surface area contributed by atoms with E-state index in [4.69, 9.17) is 0 Å². The average Bonchev–Trinajstić information content (AvgIpc) is 2.72. The predicted molar refractivity (Wildman–Crippen MR) is 118 cm³/mol. The first kappa shape index (κ1) is 37.2. The van der Waals surface area contributed by atoms with Crippen LogP contribution in [-0.2, 0) is 47.7 Å². The fourth-order valence-corrected chi connectivity index (χ4v) is 2.95. The summed E-state index contributed by atoms with van der Waals surface area (Å²) in [5, 5.41) is 11.3. The molecule has 1 atom stereocenters. The number of nitrogens with one attached hydrogen (secondary N) is 1. The van der Waals surface area contributed by atoms with Crippen LogP contribution in [0.25, 0.3) is 0 Å². The molecule has 192 valence electrons. The molecule has 0 heterocycles. The zero-order valence-electron chi connectivity index (χ0n) is 20.8. The van der Waals surface area contributed by atoms with Gasteiger partial charge < -0.3 is 24.7 Å². The zero-order chi connectivity index (χ0) is 27.2. The number of ether oxygens (including phenoxy) is 2. The SMILES string of the molecule is C=C(C(=C)C(=O)NC(C(C)C)S(=O)(=O)OC)C(=O)[O-].C=C(C)C(=O)OCCOC(=O)CC(C)=O.[Na+]. The summed E-state index contributed by atoms with van der Waals surface area (Å²) in [6.45, 7) is 15.6. The quantitative estimate of drug-likeness (QED) is 0.0478. The predicted octanol–water partition coefficient (Wildman–Crippen LogP) is -3.44. The van der Waals surface area contributed by atoms with Crippen LogP contribution in [0.15, 0.2) is 36.5 Å². The third kappa shape index (κ3) is 16.1. The van der Waals surface area contributed by atoms with Crippen LogP contribution in [-0.4, -0.2) is 63.7 Å². The standard InChI is InChI=1S/C11H17NO6S.C10H14O5.Na/c1-6(2)10(19(16,17)18-5)12-9(13)7(3)8(4)11(14)15;1-7(2)10(13)15-5-4-14-9(12)6-8(3)11;/h6,10H,3-4H2,1-2,5H3,(H,12,13)(H,14,15);1,4-6H2,2-3H3;/q;;+1/p-1. The Kier molecular flexibility index (Phi) is 19.2. The Labute approximate surface area is 227 Å². The molecule has 0 spiro atoms. The number of rotatable bonds is 13. The van der Waals surface area contributed by atoms with Crippen molar-refractivity contribution in [3.8, 4) is 0 Å². The van der Waals surface area contributed by atoms with E-state index < -0.39 is 56.4 Å². The Morgan fingerprint density at radius 1 is 0.943 bits per heavy atom. The monoisotopic (exact) mass is 527 g/mol. The Morgan fingerprint density at radius 3 is 1.80 bits per heavy atom. The van der Waals surface area contributed by atoms with Gasteiger partial charge in [-0.25, -0.2) is 4.79 Å². The maximum Gasteiger partial charge on any atom is 1.00 e. The first-order chi connectivity index (χ1) is 15.5. The third-order valence-corrected chi connectivity index (χ3v) is 5.38. The molecule has 0 bridgehead atoms. The third-order valence-electron chi connectivity index (χ3n) is 3.63. The average molecular weight is 528 g/mol. The molecule has 0 aliphatic carbocycles. The van der Waals surface area contributed by atoms with E-state index >= 15 is 0 Å². The van der Waals surface area contributed by atoms with Crippen LogP contribution in [0, 0.1) is 5.92 Å². The maximum absolute atomic E-state index is 11.7.